The van der Waals surface area contributed by atoms with Crippen LogP contribution in [0.25, 0.3) is 5.76 Å². The first-order valence-corrected chi connectivity index (χ1v) is 14.0. The molecule has 1 unspecified atom stereocenters. The van der Waals surface area contributed by atoms with E-state index in [9.17, 15) is 24.6 Å². The fourth-order valence-electron chi connectivity index (χ4n) is 4.67. The van der Waals surface area contributed by atoms with Crippen molar-refractivity contribution in [3.05, 3.63) is 111 Å². The maximum Gasteiger partial charge on any atom is 0.350 e. The number of nitrogens with zero attached hydrogens (tertiary/aromatic N) is 2. The van der Waals surface area contributed by atoms with Crippen molar-refractivity contribution in [2.24, 2.45) is 0 Å². The molecule has 2 N–H and O–H groups in total. The maximum atomic E-state index is 13.4. The van der Waals surface area contributed by atoms with Crippen LogP contribution in [0.1, 0.15) is 50.6 Å². The summed E-state index contributed by atoms with van der Waals surface area (Å²) in [5.74, 6) is -2.21. The lowest BCUT2D eigenvalue weighted by Crippen LogP contribution is -2.29. The average molecular weight is 585 g/mol. The molecule has 5 rings (SSSR count). The molecular formula is C32H28N2O7S. The van der Waals surface area contributed by atoms with E-state index in [1.165, 1.54) is 17.0 Å². The lowest BCUT2D eigenvalue weighted by Gasteiger charge is -2.23. The number of aromatic nitrogens is 1. The highest BCUT2D eigenvalue weighted by Gasteiger charge is 2.48. The van der Waals surface area contributed by atoms with Gasteiger partial charge in [0, 0.05) is 5.56 Å². The quantitative estimate of drug-likeness (QED) is 0.114. The zero-order valence-electron chi connectivity index (χ0n) is 23.2. The molecule has 1 saturated heterocycles. The summed E-state index contributed by atoms with van der Waals surface area (Å²) in [6.45, 7) is 5.83. The van der Waals surface area contributed by atoms with Crippen LogP contribution < -0.4 is 9.64 Å². The number of amides is 1. The molecule has 0 spiro atoms. The minimum Gasteiger partial charge on any atom is -0.508 e. The van der Waals surface area contributed by atoms with Gasteiger partial charge in [0.2, 0.25) is 0 Å². The Bertz CT molecular complexity index is 1690. The van der Waals surface area contributed by atoms with E-state index in [0.29, 0.717) is 29.2 Å². The van der Waals surface area contributed by atoms with E-state index in [-0.39, 0.29) is 33.7 Å². The summed E-state index contributed by atoms with van der Waals surface area (Å²) in [6.07, 6.45) is 0. The Hall–Kier alpha value is -4.96. The number of hydrogen-bond acceptors (Lipinski definition) is 9. The highest BCUT2D eigenvalue weighted by molar-refractivity contribution is 7.17. The molecule has 9 nitrogen and oxygen atoms in total. The number of anilines is 1. The number of ether oxygens (including phenoxy) is 2. The van der Waals surface area contributed by atoms with E-state index in [1.54, 1.807) is 50.2 Å². The third-order valence-electron chi connectivity index (χ3n) is 6.89. The number of hydrogen-bond donors (Lipinski definition) is 2. The molecule has 0 bridgehead atoms. The smallest absolute Gasteiger partial charge is 0.350 e. The standard InChI is InChI=1S/C32H28N2O7S/c1-4-40-31(39)29-19(3)33-32(42-29)34-26(20-9-13-23(35)14-10-20)25(28(37)30(34)38)27(36)21-11-15-24(16-12-21)41-17-22-8-6-5-7-18(22)2/h5-16,26,35-36H,4,17H2,1-3H3/b27-25+. The van der Waals surface area contributed by atoms with Gasteiger partial charge in [-0.15, -0.1) is 0 Å². The van der Waals surface area contributed by atoms with E-state index in [0.717, 1.165) is 22.5 Å². The Kier molecular flexibility index (Phi) is 8.08. The van der Waals surface area contributed by atoms with Gasteiger partial charge in [-0.1, -0.05) is 47.7 Å². The lowest BCUT2D eigenvalue weighted by molar-refractivity contribution is -0.132. The molecule has 10 heteroatoms. The molecule has 1 aliphatic heterocycles. The van der Waals surface area contributed by atoms with Crippen LogP contribution >= 0.6 is 11.3 Å². The lowest BCUT2D eigenvalue weighted by atomic mass is 9.95. The Morgan fingerprint density at radius 3 is 2.36 bits per heavy atom. The summed E-state index contributed by atoms with van der Waals surface area (Å²) in [4.78, 5) is 45.1. The van der Waals surface area contributed by atoms with Crippen molar-refractivity contribution in [2.75, 3.05) is 11.5 Å². The number of carbonyl (C=O) groups is 3. The summed E-state index contributed by atoms with van der Waals surface area (Å²) in [7, 11) is 0. The second-order valence-electron chi connectivity index (χ2n) is 9.63. The SMILES string of the molecule is CCOC(=O)c1sc(N2C(=O)C(=O)/C(=C(/O)c3ccc(OCc4ccccc4C)cc3)C2c2ccc(O)cc2)nc1C. The Balaban J connectivity index is 1.52. The maximum absolute atomic E-state index is 13.4. The van der Waals surface area contributed by atoms with Gasteiger partial charge in [0.1, 0.15) is 28.7 Å². The molecule has 42 heavy (non-hydrogen) atoms. The summed E-state index contributed by atoms with van der Waals surface area (Å²) >= 11 is 0.925. The first-order valence-electron chi connectivity index (χ1n) is 13.2. The summed E-state index contributed by atoms with van der Waals surface area (Å²) < 4.78 is 11.0. The fraction of sp³-hybridized carbons (Fsp3) is 0.188. The largest absolute Gasteiger partial charge is 0.508 e. The molecule has 2 heterocycles. The van der Waals surface area contributed by atoms with Crippen LogP contribution in [0, 0.1) is 13.8 Å². The monoisotopic (exact) mass is 584 g/mol. The molecule has 3 aromatic carbocycles. The van der Waals surface area contributed by atoms with Gasteiger partial charge in [-0.25, -0.2) is 9.78 Å². The zero-order chi connectivity index (χ0) is 30.0. The number of Topliss-reactive ketones (excluding diaryl/α,β-unsaturated/α-hetero) is 1. The van der Waals surface area contributed by atoms with E-state index < -0.39 is 23.7 Å². The van der Waals surface area contributed by atoms with Crippen LogP contribution in [0.15, 0.2) is 78.4 Å². The molecule has 214 valence electrons. The van der Waals surface area contributed by atoms with Gasteiger partial charge in [0.15, 0.2) is 5.13 Å². The van der Waals surface area contributed by atoms with Gasteiger partial charge < -0.3 is 19.7 Å². The number of phenolic OH excluding ortho intramolecular Hbond substituents is 1. The number of ketones is 1. The number of aryl methyl sites for hydroxylation is 2. The topological polar surface area (TPSA) is 126 Å². The third kappa shape index (κ3) is 5.48. The molecule has 0 saturated carbocycles. The van der Waals surface area contributed by atoms with Crippen molar-refractivity contribution in [3.63, 3.8) is 0 Å². The number of carbonyl (C=O) groups excluding carboxylic acids is 3. The van der Waals surface area contributed by atoms with Crippen LogP contribution in [-0.2, 0) is 20.9 Å². The number of rotatable bonds is 8. The van der Waals surface area contributed by atoms with Crippen molar-refractivity contribution in [1.29, 1.82) is 0 Å². The van der Waals surface area contributed by atoms with Gasteiger partial charge in [0.05, 0.1) is 23.9 Å². The molecule has 0 aliphatic carbocycles. The van der Waals surface area contributed by atoms with Crippen molar-refractivity contribution < 1.29 is 34.1 Å². The van der Waals surface area contributed by atoms with Crippen molar-refractivity contribution >= 4 is 39.9 Å². The molecule has 1 atom stereocenters. The molecule has 4 aromatic rings. The Morgan fingerprint density at radius 2 is 1.69 bits per heavy atom. The van der Waals surface area contributed by atoms with Crippen LogP contribution in [0.3, 0.4) is 0 Å². The van der Waals surface area contributed by atoms with Gasteiger partial charge in [0.25, 0.3) is 5.78 Å². The van der Waals surface area contributed by atoms with Crippen molar-refractivity contribution in [1.82, 2.24) is 4.98 Å². The van der Waals surface area contributed by atoms with E-state index >= 15 is 0 Å². The third-order valence-corrected chi connectivity index (χ3v) is 8.03. The average Bonchev–Trinajstić information content (AvgIpc) is 3.49. The van der Waals surface area contributed by atoms with E-state index in [1.807, 2.05) is 31.2 Å². The number of aliphatic hydroxyl groups is 1. The molecule has 1 aromatic heterocycles. The molecule has 1 amide bonds. The first-order chi connectivity index (χ1) is 20.2. The second-order valence-corrected chi connectivity index (χ2v) is 10.6. The van der Waals surface area contributed by atoms with Crippen LogP contribution in [0.4, 0.5) is 5.13 Å². The summed E-state index contributed by atoms with van der Waals surface area (Å²) in [5, 5.41) is 21.4. The normalized spacial score (nSPS) is 16.1. The van der Waals surface area contributed by atoms with E-state index in [4.69, 9.17) is 9.47 Å². The molecular weight excluding hydrogens is 556 g/mol. The van der Waals surface area contributed by atoms with Gasteiger partial charge in [-0.2, -0.15) is 0 Å². The van der Waals surface area contributed by atoms with Crippen molar-refractivity contribution in [3.8, 4) is 11.5 Å². The second kappa shape index (κ2) is 11.9. The summed E-state index contributed by atoms with van der Waals surface area (Å²) in [5.41, 5.74) is 3.11. The first kappa shape index (κ1) is 28.6. The number of esters is 1. The van der Waals surface area contributed by atoms with Crippen molar-refractivity contribution in [2.45, 2.75) is 33.4 Å². The molecule has 0 radical (unpaired) electrons. The predicted octanol–water partition coefficient (Wildman–Crippen LogP) is 5.85. The van der Waals surface area contributed by atoms with Gasteiger partial charge in [-0.05, 0) is 73.9 Å². The number of aliphatic hydroxyl groups excluding tert-OH is 1. The Labute approximate surface area is 246 Å². The minimum absolute atomic E-state index is 0.00771. The predicted molar refractivity (Wildman–Crippen MR) is 158 cm³/mol. The minimum atomic E-state index is -1.07. The summed E-state index contributed by atoms with van der Waals surface area (Å²) in [6, 6.07) is 19.3. The number of thiazole rings is 1. The number of aromatic hydroxyl groups is 1. The fourth-order valence-corrected chi connectivity index (χ4v) is 5.66. The van der Waals surface area contributed by atoms with E-state index in [2.05, 4.69) is 4.98 Å². The number of benzene rings is 3. The molecule has 1 fully saturated rings. The van der Waals surface area contributed by atoms with Gasteiger partial charge in [-0.3, -0.25) is 14.5 Å². The Morgan fingerprint density at radius 1 is 1.00 bits per heavy atom. The number of phenols is 1. The van der Waals surface area contributed by atoms with Crippen LogP contribution in [-0.4, -0.2) is 39.5 Å². The molecule has 1 aliphatic rings. The van der Waals surface area contributed by atoms with Crippen LogP contribution in [0.2, 0.25) is 0 Å². The zero-order valence-corrected chi connectivity index (χ0v) is 24.0. The van der Waals surface area contributed by atoms with Gasteiger partial charge >= 0.3 is 11.9 Å². The van der Waals surface area contributed by atoms with Crippen LogP contribution in [0.5, 0.6) is 11.5 Å². The highest BCUT2D eigenvalue weighted by Crippen LogP contribution is 2.44. The highest BCUT2D eigenvalue weighted by atomic mass is 32.1.